The number of benzene rings is 1. The molecule has 0 fully saturated rings. The van der Waals surface area contributed by atoms with Crippen molar-refractivity contribution in [2.75, 3.05) is 12.3 Å². The van der Waals surface area contributed by atoms with Crippen molar-refractivity contribution < 1.29 is 9.00 Å². The van der Waals surface area contributed by atoms with Crippen LogP contribution >= 0.6 is 22.9 Å². The zero-order valence-corrected chi connectivity index (χ0v) is 14.3. The van der Waals surface area contributed by atoms with Crippen LogP contribution in [0.15, 0.2) is 35.7 Å². The number of fused-ring (bicyclic) bond motifs is 1. The second-order valence-electron chi connectivity index (χ2n) is 5.29. The third-order valence-electron chi connectivity index (χ3n) is 3.69. The summed E-state index contributed by atoms with van der Waals surface area (Å²) in [5.74, 6) is 0.451. The standard InChI is InChI=1S/C16H16ClNO2S2/c17-14-3-1-12(2-4-14)10-22(20)11-16(19)18-7-5-15-13(9-18)6-8-21-15/h1-4,6,8H,5,7,9-11H2/t22-/m1/s1. The SMILES string of the molecule is O=C(C[S@](=O)Cc1ccc(Cl)cc1)N1CCc2sccc2C1. The molecule has 1 aromatic carbocycles. The minimum absolute atomic E-state index is 0.0239. The molecule has 22 heavy (non-hydrogen) atoms. The van der Waals surface area contributed by atoms with Crippen LogP contribution in [0.3, 0.4) is 0 Å². The number of thiophene rings is 1. The zero-order valence-electron chi connectivity index (χ0n) is 12.0. The third-order valence-corrected chi connectivity index (χ3v) is 6.18. The van der Waals surface area contributed by atoms with Crippen molar-refractivity contribution in [2.45, 2.75) is 18.7 Å². The first kappa shape index (κ1) is 15.7. The highest BCUT2D eigenvalue weighted by molar-refractivity contribution is 7.84. The van der Waals surface area contributed by atoms with Crippen LogP contribution in [0, 0.1) is 0 Å². The number of hydrogen-bond acceptors (Lipinski definition) is 3. The van der Waals surface area contributed by atoms with E-state index in [1.807, 2.05) is 17.0 Å². The highest BCUT2D eigenvalue weighted by atomic mass is 35.5. The number of carbonyl (C=O) groups is 1. The van der Waals surface area contributed by atoms with Crippen molar-refractivity contribution in [3.8, 4) is 0 Å². The van der Waals surface area contributed by atoms with Crippen molar-refractivity contribution in [2.24, 2.45) is 0 Å². The Labute approximate surface area is 141 Å². The van der Waals surface area contributed by atoms with Crippen LogP contribution in [0.4, 0.5) is 0 Å². The molecule has 1 aromatic heterocycles. The van der Waals surface area contributed by atoms with Gasteiger partial charge in [-0.05, 0) is 41.1 Å². The summed E-state index contributed by atoms with van der Waals surface area (Å²) in [6.07, 6.45) is 0.905. The lowest BCUT2D eigenvalue weighted by Gasteiger charge is -2.26. The first-order valence-corrected chi connectivity index (χ1v) is 9.79. The van der Waals surface area contributed by atoms with Gasteiger partial charge in [-0.3, -0.25) is 9.00 Å². The third kappa shape index (κ3) is 3.77. The van der Waals surface area contributed by atoms with Gasteiger partial charge in [0.1, 0.15) is 5.75 Å². The predicted molar refractivity (Wildman–Crippen MR) is 91.6 cm³/mol. The second-order valence-corrected chi connectivity index (χ2v) is 8.18. The van der Waals surface area contributed by atoms with Crippen LogP contribution in [-0.4, -0.2) is 27.3 Å². The molecule has 0 unspecified atom stereocenters. The Morgan fingerprint density at radius 1 is 1.27 bits per heavy atom. The molecule has 1 atom stereocenters. The zero-order chi connectivity index (χ0) is 15.5. The molecule has 2 aromatic rings. The molecule has 0 N–H and O–H groups in total. The van der Waals surface area contributed by atoms with Crippen LogP contribution in [-0.2, 0) is 34.3 Å². The molecular formula is C16H16ClNO2S2. The maximum atomic E-state index is 12.3. The van der Waals surface area contributed by atoms with Crippen LogP contribution in [0.1, 0.15) is 16.0 Å². The average molecular weight is 354 g/mol. The summed E-state index contributed by atoms with van der Waals surface area (Å²) in [4.78, 5) is 15.5. The first-order valence-electron chi connectivity index (χ1n) is 7.04. The van der Waals surface area contributed by atoms with Gasteiger partial charge in [0.05, 0.1) is 0 Å². The maximum Gasteiger partial charge on any atom is 0.235 e. The largest absolute Gasteiger partial charge is 0.337 e. The fraction of sp³-hybridized carbons (Fsp3) is 0.312. The van der Waals surface area contributed by atoms with E-state index in [1.165, 1.54) is 10.4 Å². The quantitative estimate of drug-likeness (QED) is 0.846. The number of rotatable bonds is 4. The molecule has 1 amide bonds. The van der Waals surface area contributed by atoms with Crippen molar-refractivity contribution in [3.05, 3.63) is 56.7 Å². The highest BCUT2D eigenvalue weighted by Gasteiger charge is 2.22. The molecule has 2 heterocycles. The number of carbonyl (C=O) groups excluding carboxylic acids is 1. The summed E-state index contributed by atoms with van der Waals surface area (Å²) in [5.41, 5.74) is 2.17. The van der Waals surface area contributed by atoms with Gasteiger partial charge in [-0.1, -0.05) is 23.7 Å². The molecule has 3 nitrogen and oxygen atoms in total. The predicted octanol–water partition coefficient (Wildman–Crippen LogP) is 3.24. The van der Waals surface area contributed by atoms with Crippen molar-refractivity contribution in [1.82, 2.24) is 4.90 Å². The minimum Gasteiger partial charge on any atom is -0.337 e. The fourth-order valence-corrected chi connectivity index (χ4v) is 4.65. The van der Waals surface area contributed by atoms with Crippen LogP contribution in [0.25, 0.3) is 0 Å². The summed E-state index contributed by atoms with van der Waals surface area (Å²) >= 11 is 7.58. The average Bonchev–Trinajstić information content (AvgIpc) is 2.97. The van der Waals surface area contributed by atoms with Gasteiger partial charge < -0.3 is 4.90 Å². The van der Waals surface area contributed by atoms with Gasteiger partial charge in [0, 0.05) is 39.5 Å². The smallest absolute Gasteiger partial charge is 0.235 e. The Balaban J connectivity index is 1.55. The van der Waals surface area contributed by atoms with Crippen LogP contribution < -0.4 is 0 Å². The van der Waals surface area contributed by atoms with E-state index in [2.05, 4.69) is 11.4 Å². The molecule has 0 saturated carbocycles. The Bertz CT molecular complexity index is 696. The monoisotopic (exact) mass is 353 g/mol. The van der Waals surface area contributed by atoms with Crippen molar-refractivity contribution in [3.63, 3.8) is 0 Å². The molecule has 0 spiro atoms. The van der Waals surface area contributed by atoms with Crippen molar-refractivity contribution >= 4 is 39.6 Å². The first-order chi connectivity index (χ1) is 10.6. The van der Waals surface area contributed by atoms with E-state index in [-0.39, 0.29) is 11.7 Å². The topological polar surface area (TPSA) is 37.4 Å². The van der Waals surface area contributed by atoms with E-state index in [0.29, 0.717) is 17.3 Å². The summed E-state index contributed by atoms with van der Waals surface area (Å²) in [7, 11) is -1.19. The summed E-state index contributed by atoms with van der Waals surface area (Å²) in [6, 6.07) is 9.33. The normalized spacial score (nSPS) is 15.4. The maximum absolute atomic E-state index is 12.3. The molecule has 6 heteroatoms. The van der Waals surface area contributed by atoms with E-state index in [0.717, 1.165) is 18.5 Å². The van der Waals surface area contributed by atoms with E-state index in [4.69, 9.17) is 11.6 Å². The van der Waals surface area contributed by atoms with Crippen LogP contribution in [0.2, 0.25) is 5.02 Å². The van der Waals surface area contributed by atoms with Gasteiger partial charge >= 0.3 is 0 Å². The lowest BCUT2D eigenvalue weighted by atomic mass is 10.1. The van der Waals surface area contributed by atoms with Gasteiger partial charge in [0.2, 0.25) is 5.91 Å². The molecule has 0 bridgehead atoms. The van der Waals surface area contributed by atoms with E-state index in [1.54, 1.807) is 23.5 Å². The molecule has 3 rings (SSSR count). The van der Waals surface area contributed by atoms with E-state index in [9.17, 15) is 9.00 Å². The van der Waals surface area contributed by atoms with E-state index >= 15 is 0 Å². The van der Waals surface area contributed by atoms with Gasteiger partial charge in [-0.25, -0.2) is 0 Å². The molecule has 0 saturated heterocycles. The number of nitrogens with zero attached hydrogens (tertiary/aromatic N) is 1. The molecular weight excluding hydrogens is 338 g/mol. The van der Waals surface area contributed by atoms with Gasteiger partial charge in [-0.2, -0.15) is 0 Å². The van der Waals surface area contributed by atoms with Crippen LogP contribution in [0.5, 0.6) is 0 Å². The number of halogens is 1. The number of amides is 1. The minimum atomic E-state index is -1.19. The van der Waals surface area contributed by atoms with E-state index < -0.39 is 10.8 Å². The Morgan fingerprint density at radius 2 is 2.05 bits per heavy atom. The summed E-state index contributed by atoms with van der Waals surface area (Å²) in [5, 5.41) is 2.72. The van der Waals surface area contributed by atoms with Crippen molar-refractivity contribution in [1.29, 1.82) is 0 Å². The Kier molecular flexibility index (Phi) is 4.96. The fourth-order valence-electron chi connectivity index (χ4n) is 2.51. The molecule has 1 aliphatic heterocycles. The second kappa shape index (κ2) is 6.94. The highest BCUT2D eigenvalue weighted by Crippen LogP contribution is 2.24. The van der Waals surface area contributed by atoms with Gasteiger partial charge in [0.15, 0.2) is 0 Å². The van der Waals surface area contributed by atoms with Gasteiger partial charge in [0.25, 0.3) is 0 Å². The lowest BCUT2D eigenvalue weighted by Crippen LogP contribution is -2.38. The molecule has 0 aliphatic carbocycles. The number of hydrogen-bond donors (Lipinski definition) is 0. The molecule has 0 radical (unpaired) electrons. The summed E-state index contributed by atoms with van der Waals surface area (Å²) < 4.78 is 12.2. The molecule has 116 valence electrons. The van der Waals surface area contributed by atoms with Gasteiger partial charge in [-0.15, -0.1) is 11.3 Å². The Morgan fingerprint density at radius 3 is 2.82 bits per heavy atom. The summed E-state index contributed by atoms with van der Waals surface area (Å²) in [6.45, 7) is 1.38. The Hall–Kier alpha value is -1.17. The molecule has 1 aliphatic rings. The lowest BCUT2D eigenvalue weighted by molar-refractivity contribution is -0.129.